The van der Waals surface area contributed by atoms with Gasteiger partial charge in [-0.25, -0.2) is 14.4 Å². The van der Waals surface area contributed by atoms with Crippen LogP contribution in [0.4, 0.5) is 4.39 Å². The summed E-state index contributed by atoms with van der Waals surface area (Å²) in [5.41, 5.74) is 2.20. The number of aromatic nitrogens is 2. The molecule has 0 aliphatic carbocycles. The summed E-state index contributed by atoms with van der Waals surface area (Å²) in [5.74, 6) is 1.56. The number of rotatable bonds is 20. The summed E-state index contributed by atoms with van der Waals surface area (Å²) >= 11 is 0. The van der Waals surface area contributed by atoms with E-state index in [1.54, 1.807) is 0 Å². The quantitative estimate of drug-likeness (QED) is 0.181. The molecule has 0 amide bonds. The SMILES string of the molecule is CCCCCCCCCCc1cnc(-c2ccc(OCCCC(F)CCCCCC)cc2)nc1. The molecule has 0 spiro atoms. The second-order valence-corrected chi connectivity index (χ2v) is 9.60. The summed E-state index contributed by atoms with van der Waals surface area (Å²) in [4.78, 5) is 9.13. The third kappa shape index (κ3) is 12.5. The zero-order chi connectivity index (χ0) is 24.3. The largest absolute Gasteiger partial charge is 0.494 e. The molecule has 1 aromatic heterocycles. The van der Waals surface area contributed by atoms with E-state index in [1.807, 2.05) is 36.7 Å². The lowest BCUT2D eigenvalue weighted by molar-refractivity contribution is 0.245. The van der Waals surface area contributed by atoms with E-state index in [0.29, 0.717) is 19.4 Å². The number of halogens is 1. The molecule has 1 heterocycles. The van der Waals surface area contributed by atoms with Gasteiger partial charge in [-0.05, 0) is 61.9 Å². The third-order valence-electron chi connectivity index (χ3n) is 6.44. The molecular weight excluding hydrogens is 423 g/mol. The fourth-order valence-electron chi connectivity index (χ4n) is 4.23. The molecule has 1 unspecified atom stereocenters. The zero-order valence-corrected chi connectivity index (χ0v) is 21.7. The molecule has 0 N–H and O–H groups in total. The molecule has 0 bridgehead atoms. The first-order valence-electron chi connectivity index (χ1n) is 13.9. The molecule has 34 heavy (non-hydrogen) atoms. The van der Waals surface area contributed by atoms with Gasteiger partial charge in [0.2, 0.25) is 0 Å². The molecule has 0 saturated heterocycles. The minimum atomic E-state index is -0.696. The predicted octanol–water partition coefficient (Wildman–Crippen LogP) is 9.29. The Kier molecular flexibility index (Phi) is 15.3. The molecule has 0 aliphatic heterocycles. The monoisotopic (exact) mass is 470 g/mol. The Labute approximate surface area is 208 Å². The summed E-state index contributed by atoms with van der Waals surface area (Å²) in [7, 11) is 0. The fraction of sp³-hybridized carbons (Fsp3) is 0.667. The molecule has 2 aromatic rings. The van der Waals surface area contributed by atoms with E-state index in [4.69, 9.17) is 4.74 Å². The molecule has 0 fully saturated rings. The van der Waals surface area contributed by atoms with Crippen molar-refractivity contribution in [2.45, 2.75) is 123 Å². The minimum Gasteiger partial charge on any atom is -0.494 e. The highest BCUT2D eigenvalue weighted by Gasteiger charge is 2.07. The van der Waals surface area contributed by atoms with Crippen molar-refractivity contribution in [2.24, 2.45) is 0 Å². The summed E-state index contributed by atoms with van der Waals surface area (Å²) < 4.78 is 19.7. The van der Waals surface area contributed by atoms with E-state index in [9.17, 15) is 4.39 Å². The number of aryl methyl sites for hydroxylation is 1. The number of nitrogens with zero attached hydrogens (tertiary/aromatic N) is 2. The number of alkyl halides is 1. The number of ether oxygens (including phenoxy) is 1. The zero-order valence-electron chi connectivity index (χ0n) is 21.7. The number of hydrogen-bond donors (Lipinski definition) is 0. The fourth-order valence-corrected chi connectivity index (χ4v) is 4.23. The maximum atomic E-state index is 13.9. The van der Waals surface area contributed by atoms with E-state index in [1.165, 1.54) is 69.8 Å². The van der Waals surface area contributed by atoms with Crippen LogP contribution >= 0.6 is 0 Å². The van der Waals surface area contributed by atoms with Crippen LogP contribution in [0.2, 0.25) is 0 Å². The Balaban J connectivity index is 1.61. The lowest BCUT2D eigenvalue weighted by Gasteiger charge is -2.10. The molecule has 1 aromatic carbocycles. The van der Waals surface area contributed by atoms with E-state index in [0.717, 1.165) is 42.8 Å². The Morgan fingerprint density at radius 1 is 0.706 bits per heavy atom. The Bertz CT molecular complexity index is 732. The van der Waals surface area contributed by atoms with Gasteiger partial charge in [-0.15, -0.1) is 0 Å². The Morgan fingerprint density at radius 3 is 1.91 bits per heavy atom. The van der Waals surface area contributed by atoms with Gasteiger partial charge < -0.3 is 4.74 Å². The van der Waals surface area contributed by atoms with Crippen molar-refractivity contribution in [1.82, 2.24) is 9.97 Å². The van der Waals surface area contributed by atoms with Crippen LogP contribution in [0.1, 0.15) is 116 Å². The Hall–Kier alpha value is -1.97. The number of unbranched alkanes of at least 4 members (excludes halogenated alkanes) is 10. The van der Waals surface area contributed by atoms with Gasteiger partial charge in [0.25, 0.3) is 0 Å². The highest BCUT2D eigenvalue weighted by atomic mass is 19.1. The van der Waals surface area contributed by atoms with Gasteiger partial charge in [-0.3, -0.25) is 0 Å². The van der Waals surface area contributed by atoms with E-state index in [2.05, 4.69) is 23.8 Å². The molecule has 0 saturated carbocycles. The van der Waals surface area contributed by atoms with Gasteiger partial charge >= 0.3 is 0 Å². The van der Waals surface area contributed by atoms with Gasteiger partial charge in [0.15, 0.2) is 5.82 Å². The number of hydrogen-bond acceptors (Lipinski definition) is 3. The van der Waals surface area contributed by atoms with Crippen LogP contribution in [-0.2, 0) is 6.42 Å². The second-order valence-electron chi connectivity index (χ2n) is 9.60. The third-order valence-corrected chi connectivity index (χ3v) is 6.44. The van der Waals surface area contributed by atoms with Crippen LogP contribution in [0.25, 0.3) is 11.4 Å². The molecule has 190 valence electrons. The van der Waals surface area contributed by atoms with Crippen LogP contribution in [0, 0.1) is 0 Å². The molecule has 1 atom stereocenters. The van der Waals surface area contributed by atoms with Gasteiger partial charge in [0, 0.05) is 18.0 Å². The van der Waals surface area contributed by atoms with E-state index in [-0.39, 0.29) is 0 Å². The Morgan fingerprint density at radius 2 is 1.26 bits per heavy atom. The summed E-state index contributed by atoms with van der Waals surface area (Å²) in [6.07, 6.45) is 21.5. The van der Waals surface area contributed by atoms with Gasteiger partial charge in [-0.2, -0.15) is 0 Å². The van der Waals surface area contributed by atoms with Crippen LogP contribution in [0.3, 0.4) is 0 Å². The molecule has 4 heteroatoms. The second kappa shape index (κ2) is 18.4. The average Bonchev–Trinajstić information content (AvgIpc) is 2.87. The topological polar surface area (TPSA) is 35.0 Å². The maximum absolute atomic E-state index is 13.9. The first kappa shape index (κ1) is 28.3. The van der Waals surface area contributed by atoms with E-state index < -0.39 is 6.17 Å². The average molecular weight is 471 g/mol. The molecule has 2 rings (SSSR count). The molecule has 0 aliphatic rings. The molecular formula is C30H47FN2O. The first-order valence-corrected chi connectivity index (χ1v) is 13.9. The minimum absolute atomic E-state index is 0.554. The van der Waals surface area contributed by atoms with Crippen LogP contribution in [0.5, 0.6) is 5.75 Å². The highest BCUT2D eigenvalue weighted by molar-refractivity contribution is 5.55. The van der Waals surface area contributed by atoms with Crippen LogP contribution in [-0.4, -0.2) is 22.7 Å². The van der Waals surface area contributed by atoms with Gasteiger partial charge in [0.1, 0.15) is 11.9 Å². The number of benzene rings is 1. The van der Waals surface area contributed by atoms with E-state index >= 15 is 0 Å². The van der Waals surface area contributed by atoms with Crippen LogP contribution in [0.15, 0.2) is 36.7 Å². The summed E-state index contributed by atoms with van der Waals surface area (Å²) in [6, 6.07) is 7.89. The van der Waals surface area contributed by atoms with Crippen molar-refractivity contribution in [3.05, 3.63) is 42.2 Å². The summed E-state index contributed by atoms with van der Waals surface area (Å²) in [6.45, 7) is 5.00. The van der Waals surface area contributed by atoms with Gasteiger partial charge in [-0.1, -0.05) is 84.5 Å². The van der Waals surface area contributed by atoms with Crippen molar-refractivity contribution in [3.63, 3.8) is 0 Å². The predicted molar refractivity (Wildman–Crippen MR) is 142 cm³/mol. The standard InChI is InChI=1S/C30H47FN2O/c1-3-5-7-9-10-11-12-13-16-26-24-32-30(33-25-26)27-19-21-29(22-20-27)34-23-15-18-28(31)17-14-8-6-4-2/h19-22,24-25,28H,3-18,23H2,1-2H3. The lowest BCUT2D eigenvalue weighted by atomic mass is 10.1. The normalized spacial score (nSPS) is 12.1. The first-order chi connectivity index (χ1) is 16.7. The summed E-state index contributed by atoms with van der Waals surface area (Å²) in [5, 5.41) is 0. The lowest BCUT2D eigenvalue weighted by Crippen LogP contribution is -2.04. The van der Waals surface area contributed by atoms with Crippen molar-refractivity contribution < 1.29 is 9.13 Å². The molecule has 3 nitrogen and oxygen atoms in total. The van der Waals surface area contributed by atoms with Crippen molar-refractivity contribution in [3.8, 4) is 17.1 Å². The van der Waals surface area contributed by atoms with Crippen molar-refractivity contribution in [1.29, 1.82) is 0 Å². The van der Waals surface area contributed by atoms with Crippen molar-refractivity contribution in [2.75, 3.05) is 6.61 Å². The maximum Gasteiger partial charge on any atom is 0.159 e. The highest BCUT2D eigenvalue weighted by Crippen LogP contribution is 2.20. The smallest absolute Gasteiger partial charge is 0.159 e. The van der Waals surface area contributed by atoms with Crippen molar-refractivity contribution >= 4 is 0 Å². The van der Waals surface area contributed by atoms with Gasteiger partial charge in [0.05, 0.1) is 6.61 Å². The molecule has 0 radical (unpaired) electrons. The van der Waals surface area contributed by atoms with Crippen LogP contribution < -0.4 is 4.74 Å².